The molecule has 0 saturated heterocycles. The smallest absolute Gasteiger partial charge is 0.266 e. The maximum Gasteiger partial charge on any atom is 0.266 e. The molecule has 2 aromatic rings. The molecule has 0 atom stereocenters. The Labute approximate surface area is 100 Å². The van der Waals surface area contributed by atoms with Crippen LogP contribution in [0.5, 0.6) is 0 Å². The van der Waals surface area contributed by atoms with Gasteiger partial charge in [0.2, 0.25) is 0 Å². The number of hydrogen-bond acceptors (Lipinski definition) is 3. The number of rotatable bonds is 1. The molecule has 0 fully saturated rings. The minimum atomic E-state index is -0.132. The van der Waals surface area contributed by atoms with Gasteiger partial charge in [0.1, 0.15) is 16.3 Å². The zero-order valence-corrected chi connectivity index (χ0v) is 10.4. The summed E-state index contributed by atoms with van der Waals surface area (Å²) < 4.78 is 3.54. The third kappa shape index (κ3) is 1.63. The molecule has 0 spiro atoms. The SMILES string of the molecule is CC#CCn1cnc2c(c(Br)nn2C)c1=O. The van der Waals surface area contributed by atoms with E-state index in [1.165, 1.54) is 10.9 Å². The zero-order valence-electron chi connectivity index (χ0n) is 8.86. The molecule has 0 radical (unpaired) electrons. The van der Waals surface area contributed by atoms with Gasteiger partial charge in [-0.25, -0.2) is 9.67 Å². The number of aromatic nitrogens is 4. The summed E-state index contributed by atoms with van der Waals surface area (Å²) in [7, 11) is 1.75. The fraction of sp³-hybridized carbons (Fsp3) is 0.300. The summed E-state index contributed by atoms with van der Waals surface area (Å²) in [6, 6.07) is 0. The molecule has 0 aliphatic rings. The Morgan fingerprint density at radius 3 is 3.00 bits per heavy atom. The first-order chi connectivity index (χ1) is 7.65. The van der Waals surface area contributed by atoms with Gasteiger partial charge in [-0.15, -0.1) is 5.92 Å². The van der Waals surface area contributed by atoms with E-state index in [0.29, 0.717) is 22.2 Å². The lowest BCUT2D eigenvalue weighted by Crippen LogP contribution is -2.20. The molecule has 2 rings (SSSR count). The minimum absolute atomic E-state index is 0.132. The van der Waals surface area contributed by atoms with Crippen molar-refractivity contribution in [3.8, 4) is 11.8 Å². The molecular formula is C10H9BrN4O. The van der Waals surface area contributed by atoms with Crippen molar-refractivity contribution in [3.63, 3.8) is 0 Å². The average Bonchev–Trinajstić information content (AvgIpc) is 2.54. The molecule has 5 nitrogen and oxygen atoms in total. The molecule has 82 valence electrons. The fourth-order valence-corrected chi connectivity index (χ4v) is 2.00. The molecule has 0 aliphatic carbocycles. The average molecular weight is 281 g/mol. The molecule has 0 bridgehead atoms. The number of nitrogens with zero attached hydrogens (tertiary/aromatic N) is 4. The Bertz CT molecular complexity index is 659. The van der Waals surface area contributed by atoms with Crippen LogP contribution in [0.25, 0.3) is 11.0 Å². The highest BCUT2D eigenvalue weighted by Crippen LogP contribution is 2.16. The van der Waals surface area contributed by atoms with Crippen LogP contribution >= 0.6 is 15.9 Å². The number of fused-ring (bicyclic) bond motifs is 1. The van der Waals surface area contributed by atoms with Crippen LogP contribution in [0.4, 0.5) is 0 Å². The summed E-state index contributed by atoms with van der Waals surface area (Å²) >= 11 is 3.25. The molecule has 6 heteroatoms. The van der Waals surface area contributed by atoms with Crippen LogP contribution in [-0.4, -0.2) is 19.3 Å². The maximum atomic E-state index is 12.0. The second-order valence-corrected chi connectivity index (χ2v) is 3.97. The third-order valence-electron chi connectivity index (χ3n) is 2.19. The molecule has 0 amide bonds. The lowest BCUT2D eigenvalue weighted by molar-refractivity contribution is 0.757. The van der Waals surface area contributed by atoms with E-state index in [1.807, 2.05) is 0 Å². The molecule has 0 aromatic carbocycles. The van der Waals surface area contributed by atoms with Crippen LogP contribution in [0.1, 0.15) is 6.92 Å². The van der Waals surface area contributed by atoms with E-state index in [4.69, 9.17) is 0 Å². The van der Waals surface area contributed by atoms with Gasteiger partial charge in [0, 0.05) is 7.05 Å². The van der Waals surface area contributed by atoms with Gasteiger partial charge in [-0.05, 0) is 22.9 Å². The molecule has 0 aliphatic heterocycles. The Morgan fingerprint density at radius 1 is 1.56 bits per heavy atom. The topological polar surface area (TPSA) is 52.7 Å². The first-order valence-corrected chi connectivity index (χ1v) is 5.41. The Hall–Kier alpha value is -1.61. The summed E-state index contributed by atoms with van der Waals surface area (Å²) in [5.41, 5.74) is 0.435. The highest BCUT2D eigenvalue weighted by molar-refractivity contribution is 9.10. The van der Waals surface area contributed by atoms with E-state index < -0.39 is 0 Å². The zero-order chi connectivity index (χ0) is 11.7. The fourth-order valence-electron chi connectivity index (χ4n) is 1.41. The second-order valence-electron chi connectivity index (χ2n) is 3.22. The largest absolute Gasteiger partial charge is 0.287 e. The summed E-state index contributed by atoms with van der Waals surface area (Å²) in [4.78, 5) is 16.2. The summed E-state index contributed by atoms with van der Waals surface area (Å²) in [5.74, 6) is 5.57. The lowest BCUT2D eigenvalue weighted by atomic mass is 10.4. The third-order valence-corrected chi connectivity index (χ3v) is 2.75. The van der Waals surface area contributed by atoms with Gasteiger partial charge in [0.15, 0.2) is 5.65 Å². The molecule has 0 N–H and O–H groups in total. The maximum absolute atomic E-state index is 12.0. The Morgan fingerprint density at radius 2 is 2.31 bits per heavy atom. The number of halogens is 1. The molecule has 0 unspecified atom stereocenters. The monoisotopic (exact) mass is 280 g/mol. The quantitative estimate of drug-likeness (QED) is 0.730. The first-order valence-electron chi connectivity index (χ1n) is 4.62. The molecule has 0 saturated carbocycles. The Kier molecular flexibility index (Phi) is 2.79. The molecular weight excluding hydrogens is 272 g/mol. The van der Waals surface area contributed by atoms with Crippen LogP contribution in [0.15, 0.2) is 15.7 Å². The van der Waals surface area contributed by atoms with Crippen molar-refractivity contribution in [1.29, 1.82) is 0 Å². The van der Waals surface area contributed by atoms with Crippen molar-refractivity contribution in [2.24, 2.45) is 7.05 Å². The van der Waals surface area contributed by atoms with Crippen LogP contribution in [0.2, 0.25) is 0 Å². The normalized spacial score (nSPS) is 10.2. The van der Waals surface area contributed by atoms with Crippen LogP contribution in [0.3, 0.4) is 0 Å². The van der Waals surface area contributed by atoms with Crippen molar-refractivity contribution >= 4 is 27.0 Å². The molecule has 2 heterocycles. The van der Waals surface area contributed by atoms with Gasteiger partial charge in [-0.1, -0.05) is 5.92 Å². The second kappa shape index (κ2) is 4.10. The van der Waals surface area contributed by atoms with E-state index in [9.17, 15) is 4.79 Å². The van der Waals surface area contributed by atoms with Gasteiger partial charge < -0.3 is 0 Å². The van der Waals surface area contributed by atoms with Crippen molar-refractivity contribution in [1.82, 2.24) is 19.3 Å². The van der Waals surface area contributed by atoms with Crippen LogP contribution in [0, 0.1) is 11.8 Å². The van der Waals surface area contributed by atoms with Crippen molar-refractivity contribution in [3.05, 3.63) is 21.3 Å². The van der Waals surface area contributed by atoms with Crippen molar-refractivity contribution < 1.29 is 0 Å². The van der Waals surface area contributed by atoms with Crippen LogP contribution < -0.4 is 5.56 Å². The summed E-state index contributed by atoms with van der Waals surface area (Å²) in [5, 5.41) is 4.58. The minimum Gasteiger partial charge on any atom is -0.287 e. The summed E-state index contributed by atoms with van der Waals surface area (Å²) in [6.07, 6.45) is 1.49. The van der Waals surface area contributed by atoms with E-state index in [-0.39, 0.29) is 5.56 Å². The van der Waals surface area contributed by atoms with Crippen molar-refractivity contribution in [2.45, 2.75) is 13.5 Å². The Balaban J connectivity index is 2.72. The van der Waals surface area contributed by atoms with Gasteiger partial charge in [0.25, 0.3) is 5.56 Å². The van der Waals surface area contributed by atoms with Crippen molar-refractivity contribution in [2.75, 3.05) is 0 Å². The van der Waals surface area contributed by atoms with E-state index in [0.717, 1.165) is 0 Å². The summed E-state index contributed by atoms with van der Waals surface area (Å²) in [6.45, 7) is 2.08. The molecule has 2 aromatic heterocycles. The van der Waals surface area contributed by atoms with E-state index in [2.05, 4.69) is 37.9 Å². The van der Waals surface area contributed by atoms with Gasteiger partial charge >= 0.3 is 0 Å². The van der Waals surface area contributed by atoms with Gasteiger partial charge in [-0.3, -0.25) is 9.36 Å². The first kappa shape index (κ1) is 10.9. The van der Waals surface area contributed by atoms with Gasteiger partial charge in [0.05, 0.1) is 6.54 Å². The number of hydrogen-bond donors (Lipinski definition) is 0. The van der Waals surface area contributed by atoms with Crippen LogP contribution in [-0.2, 0) is 13.6 Å². The highest BCUT2D eigenvalue weighted by atomic mass is 79.9. The highest BCUT2D eigenvalue weighted by Gasteiger charge is 2.12. The predicted molar refractivity (Wildman–Crippen MR) is 63.9 cm³/mol. The van der Waals surface area contributed by atoms with Gasteiger partial charge in [-0.2, -0.15) is 5.10 Å². The number of aryl methyl sites for hydroxylation is 1. The lowest BCUT2D eigenvalue weighted by Gasteiger charge is -1.99. The van der Waals surface area contributed by atoms with E-state index >= 15 is 0 Å². The standard InChI is InChI=1S/C10H9BrN4O/c1-3-4-5-15-6-12-9-7(10(15)16)8(11)13-14(9)2/h6H,5H2,1-2H3. The molecule has 16 heavy (non-hydrogen) atoms. The van der Waals surface area contributed by atoms with E-state index in [1.54, 1.807) is 18.7 Å². The predicted octanol–water partition coefficient (Wildman–Crippen LogP) is 0.916.